The van der Waals surface area contributed by atoms with Crippen LogP contribution in [-0.4, -0.2) is 34.3 Å². The molecule has 2 atom stereocenters. The molecule has 2 aromatic carbocycles. The van der Waals surface area contributed by atoms with Crippen LogP contribution in [0.5, 0.6) is 0 Å². The number of amides is 1. The fraction of sp³-hybridized carbons (Fsp3) is 0.435. The SMILES string of the molecule is CC(C)(C)OC(=O)N1CCCC[C@H]1[C@@H](O)c1cccc(-c2ccccc2)c1. The number of aliphatic hydroxyl groups is 1. The van der Waals surface area contributed by atoms with E-state index in [0.29, 0.717) is 6.54 Å². The Bertz CT molecular complexity index is 767. The molecule has 0 unspecified atom stereocenters. The fourth-order valence-corrected chi connectivity index (χ4v) is 3.59. The van der Waals surface area contributed by atoms with E-state index in [1.54, 1.807) is 4.90 Å². The molecule has 27 heavy (non-hydrogen) atoms. The van der Waals surface area contributed by atoms with Crippen molar-refractivity contribution in [2.24, 2.45) is 0 Å². The Morgan fingerprint density at radius 3 is 2.48 bits per heavy atom. The first kappa shape index (κ1) is 19.4. The lowest BCUT2D eigenvalue weighted by Gasteiger charge is -2.39. The number of piperidine rings is 1. The van der Waals surface area contributed by atoms with Gasteiger partial charge in [0.25, 0.3) is 0 Å². The molecule has 3 rings (SSSR count). The van der Waals surface area contributed by atoms with Gasteiger partial charge in [0.15, 0.2) is 0 Å². The maximum Gasteiger partial charge on any atom is 0.410 e. The highest BCUT2D eigenvalue weighted by Crippen LogP contribution is 2.32. The monoisotopic (exact) mass is 367 g/mol. The number of hydrogen-bond acceptors (Lipinski definition) is 3. The van der Waals surface area contributed by atoms with Gasteiger partial charge in [-0.05, 0) is 62.8 Å². The van der Waals surface area contributed by atoms with Gasteiger partial charge in [-0.1, -0.05) is 48.5 Å². The van der Waals surface area contributed by atoms with E-state index in [9.17, 15) is 9.90 Å². The molecule has 4 nitrogen and oxygen atoms in total. The molecule has 0 saturated carbocycles. The van der Waals surface area contributed by atoms with E-state index in [2.05, 4.69) is 12.1 Å². The first-order chi connectivity index (χ1) is 12.8. The summed E-state index contributed by atoms with van der Waals surface area (Å²) >= 11 is 0. The smallest absolute Gasteiger partial charge is 0.410 e. The molecule has 1 saturated heterocycles. The summed E-state index contributed by atoms with van der Waals surface area (Å²) in [7, 11) is 0. The zero-order valence-corrected chi connectivity index (χ0v) is 16.4. The van der Waals surface area contributed by atoms with Crippen LogP contribution in [-0.2, 0) is 4.74 Å². The number of likely N-dealkylation sites (tertiary alicyclic amines) is 1. The molecular weight excluding hydrogens is 338 g/mol. The van der Waals surface area contributed by atoms with Crippen molar-refractivity contribution in [1.82, 2.24) is 4.90 Å². The van der Waals surface area contributed by atoms with E-state index < -0.39 is 11.7 Å². The lowest BCUT2D eigenvalue weighted by Crippen LogP contribution is -2.48. The number of aliphatic hydroxyl groups excluding tert-OH is 1. The van der Waals surface area contributed by atoms with Gasteiger partial charge in [-0.2, -0.15) is 0 Å². The van der Waals surface area contributed by atoms with Crippen LogP contribution >= 0.6 is 0 Å². The molecule has 144 valence electrons. The van der Waals surface area contributed by atoms with E-state index in [1.807, 2.05) is 63.2 Å². The van der Waals surface area contributed by atoms with Gasteiger partial charge in [-0.3, -0.25) is 0 Å². The van der Waals surface area contributed by atoms with E-state index in [-0.39, 0.29) is 12.1 Å². The summed E-state index contributed by atoms with van der Waals surface area (Å²) in [6.45, 7) is 6.21. The Morgan fingerprint density at radius 2 is 1.78 bits per heavy atom. The highest BCUT2D eigenvalue weighted by molar-refractivity contribution is 5.69. The third-order valence-corrected chi connectivity index (χ3v) is 4.88. The molecule has 0 spiro atoms. The van der Waals surface area contributed by atoms with Crippen molar-refractivity contribution in [3.8, 4) is 11.1 Å². The fourth-order valence-electron chi connectivity index (χ4n) is 3.59. The average Bonchev–Trinajstić information content (AvgIpc) is 2.67. The number of benzene rings is 2. The van der Waals surface area contributed by atoms with E-state index in [1.165, 1.54) is 0 Å². The van der Waals surface area contributed by atoms with Crippen LogP contribution in [0.25, 0.3) is 11.1 Å². The van der Waals surface area contributed by atoms with Crippen molar-refractivity contribution in [1.29, 1.82) is 0 Å². The minimum absolute atomic E-state index is 0.264. The van der Waals surface area contributed by atoms with Gasteiger partial charge in [-0.15, -0.1) is 0 Å². The second kappa shape index (κ2) is 8.13. The Hall–Kier alpha value is -2.33. The number of carbonyl (C=O) groups excluding carboxylic acids is 1. The quantitative estimate of drug-likeness (QED) is 0.813. The summed E-state index contributed by atoms with van der Waals surface area (Å²) in [6, 6.07) is 17.8. The minimum atomic E-state index is -0.735. The first-order valence-corrected chi connectivity index (χ1v) is 9.68. The molecule has 0 aliphatic carbocycles. The number of carbonyl (C=O) groups is 1. The summed E-state index contributed by atoms with van der Waals surface area (Å²) in [5.41, 5.74) is 2.46. The van der Waals surface area contributed by atoms with Gasteiger partial charge in [-0.25, -0.2) is 4.79 Å². The summed E-state index contributed by atoms with van der Waals surface area (Å²) in [4.78, 5) is 14.3. The molecule has 1 amide bonds. The second-order valence-corrected chi connectivity index (χ2v) is 8.17. The molecule has 1 aliphatic rings. The highest BCUT2D eigenvalue weighted by Gasteiger charge is 2.35. The third-order valence-electron chi connectivity index (χ3n) is 4.88. The average molecular weight is 367 g/mol. The number of nitrogens with zero attached hydrogens (tertiary/aromatic N) is 1. The highest BCUT2D eigenvalue weighted by atomic mass is 16.6. The first-order valence-electron chi connectivity index (χ1n) is 9.68. The topological polar surface area (TPSA) is 49.8 Å². The largest absolute Gasteiger partial charge is 0.444 e. The molecule has 1 aliphatic heterocycles. The molecule has 1 N–H and O–H groups in total. The number of hydrogen-bond donors (Lipinski definition) is 1. The Labute approximate surface area is 161 Å². The van der Waals surface area contributed by atoms with Gasteiger partial charge >= 0.3 is 6.09 Å². The summed E-state index contributed by atoms with van der Waals surface area (Å²) in [6.07, 6.45) is 1.63. The molecule has 1 heterocycles. The molecule has 0 aromatic heterocycles. The third kappa shape index (κ3) is 4.89. The van der Waals surface area contributed by atoms with Crippen molar-refractivity contribution in [2.75, 3.05) is 6.54 Å². The summed E-state index contributed by atoms with van der Waals surface area (Å²) in [5, 5.41) is 11.1. The summed E-state index contributed by atoms with van der Waals surface area (Å²) in [5.74, 6) is 0. The van der Waals surface area contributed by atoms with Gasteiger partial charge < -0.3 is 14.7 Å². The van der Waals surface area contributed by atoms with Gasteiger partial charge in [0, 0.05) is 6.54 Å². The van der Waals surface area contributed by atoms with Crippen LogP contribution in [0.15, 0.2) is 54.6 Å². The van der Waals surface area contributed by atoms with Crippen molar-refractivity contribution >= 4 is 6.09 Å². The van der Waals surface area contributed by atoms with Crippen LogP contribution in [0.4, 0.5) is 4.79 Å². The molecule has 0 radical (unpaired) electrons. The van der Waals surface area contributed by atoms with Gasteiger partial charge in [0.1, 0.15) is 5.60 Å². The maximum atomic E-state index is 12.6. The molecular formula is C23H29NO3. The number of ether oxygens (including phenoxy) is 1. The predicted octanol–water partition coefficient (Wildman–Crippen LogP) is 5.18. The normalized spacial score (nSPS) is 18.8. The second-order valence-electron chi connectivity index (χ2n) is 8.17. The lowest BCUT2D eigenvalue weighted by atomic mass is 9.91. The van der Waals surface area contributed by atoms with E-state index in [4.69, 9.17) is 4.74 Å². The van der Waals surface area contributed by atoms with Gasteiger partial charge in [0.05, 0.1) is 12.1 Å². The Kier molecular flexibility index (Phi) is 5.85. The van der Waals surface area contributed by atoms with Crippen LogP contribution in [0.3, 0.4) is 0 Å². The Morgan fingerprint density at radius 1 is 1.07 bits per heavy atom. The Balaban J connectivity index is 1.83. The minimum Gasteiger partial charge on any atom is -0.444 e. The van der Waals surface area contributed by atoms with Crippen LogP contribution in [0, 0.1) is 0 Å². The standard InChI is InChI=1S/C23H29NO3/c1-23(2,3)27-22(26)24-15-8-7-14-20(24)21(25)19-13-9-12-18(16-19)17-10-5-4-6-11-17/h4-6,9-13,16,20-21,25H,7-8,14-15H2,1-3H3/t20-,21-/m0/s1. The number of rotatable bonds is 3. The molecule has 0 bridgehead atoms. The summed E-state index contributed by atoms with van der Waals surface area (Å²) < 4.78 is 5.56. The van der Waals surface area contributed by atoms with E-state index >= 15 is 0 Å². The predicted molar refractivity (Wildman–Crippen MR) is 107 cm³/mol. The molecule has 2 aromatic rings. The van der Waals surface area contributed by atoms with Crippen LogP contribution in [0.1, 0.15) is 51.7 Å². The van der Waals surface area contributed by atoms with Crippen molar-refractivity contribution in [3.05, 3.63) is 60.2 Å². The zero-order valence-electron chi connectivity index (χ0n) is 16.4. The van der Waals surface area contributed by atoms with Gasteiger partial charge in [0.2, 0.25) is 0 Å². The van der Waals surface area contributed by atoms with E-state index in [0.717, 1.165) is 36.0 Å². The maximum absolute atomic E-state index is 12.6. The van der Waals surface area contributed by atoms with Crippen LogP contribution in [0.2, 0.25) is 0 Å². The van der Waals surface area contributed by atoms with Crippen molar-refractivity contribution < 1.29 is 14.6 Å². The zero-order chi connectivity index (χ0) is 19.4. The molecule has 1 fully saturated rings. The van der Waals surface area contributed by atoms with Crippen molar-refractivity contribution in [3.63, 3.8) is 0 Å². The lowest BCUT2D eigenvalue weighted by molar-refractivity contribution is -0.0169. The van der Waals surface area contributed by atoms with Crippen LogP contribution < -0.4 is 0 Å². The molecule has 4 heteroatoms. The van der Waals surface area contributed by atoms with Crippen molar-refractivity contribution in [2.45, 2.75) is 57.8 Å².